The molecule has 6 heteroatoms. The fraction of sp³-hybridized carbons (Fsp3) is 0.286. The summed E-state index contributed by atoms with van der Waals surface area (Å²) in [6, 6.07) is 22.6. The summed E-state index contributed by atoms with van der Waals surface area (Å²) in [6.07, 6.45) is 0. The van der Waals surface area contributed by atoms with Gasteiger partial charge in [0.15, 0.2) is 10.9 Å². The van der Waals surface area contributed by atoms with Crippen LogP contribution in [0.4, 0.5) is 5.69 Å². The highest BCUT2D eigenvalue weighted by molar-refractivity contribution is 7.80. The molecule has 0 saturated carbocycles. The number of hydrogen-bond donors (Lipinski definition) is 2. The Morgan fingerprint density at radius 3 is 2.21 bits per heavy atom. The summed E-state index contributed by atoms with van der Waals surface area (Å²) in [5.74, 6) is 1.52. The number of ether oxygens (including phenoxy) is 2. The second-order valence-corrected chi connectivity index (χ2v) is 9.63. The summed E-state index contributed by atoms with van der Waals surface area (Å²) < 4.78 is 11.0. The molecule has 1 atom stereocenters. The first-order chi connectivity index (χ1) is 16.2. The van der Waals surface area contributed by atoms with Gasteiger partial charge in [0.1, 0.15) is 18.1 Å². The highest BCUT2D eigenvalue weighted by atomic mass is 32.1. The van der Waals surface area contributed by atoms with E-state index in [0.717, 1.165) is 17.2 Å². The van der Waals surface area contributed by atoms with Gasteiger partial charge in [-0.15, -0.1) is 0 Å². The van der Waals surface area contributed by atoms with Crippen LogP contribution in [0.25, 0.3) is 0 Å². The first-order valence-electron chi connectivity index (χ1n) is 11.3. The van der Waals surface area contributed by atoms with Crippen molar-refractivity contribution in [3.05, 3.63) is 89.5 Å². The second-order valence-electron chi connectivity index (χ2n) is 9.22. The molecule has 0 amide bonds. The second kappa shape index (κ2) is 11.2. The Labute approximate surface area is 207 Å². The molecule has 0 radical (unpaired) electrons. The fourth-order valence-electron chi connectivity index (χ4n) is 3.35. The summed E-state index contributed by atoms with van der Waals surface area (Å²) in [5, 5.41) is 6.83. The molecule has 3 aromatic carbocycles. The van der Waals surface area contributed by atoms with E-state index >= 15 is 0 Å². The van der Waals surface area contributed by atoms with Gasteiger partial charge in [-0.05, 0) is 66.5 Å². The van der Waals surface area contributed by atoms with Crippen LogP contribution in [0.2, 0.25) is 0 Å². The number of carbonyl (C=O) groups excluding carboxylic acids is 1. The molecule has 3 rings (SSSR count). The average molecular weight is 477 g/mol. The van der Waals surface area contributed by atoms with Gasteiger partial charge >= 0.3 is 0 Å². The lowest BCUT2D eigenvalue weighted by Gasteiger charge is -2.19. The van der Waals surface area contributed by atoms with Crippen LogP contribution in [0, 0.1) is 0 Å². The fourth-order valence-corrected chi connectivity index (χ4v) is 3.67. The van der Waals surface area contributed by atoms with Gasteiger partial charge in [-0.1, -0.05) is 57.2 Å². The van der Waals surface area contributed by atoms with E-state index in [1.165, 1.54) is 5.56 Å². The highest BCUT2D eigenvalue weighted by Gasteiger charge is 2.15. The number of rotatable bonds is 8. The molecule has 0 aromatic heterocycles. The molecule has 0 bridgehead atoms. The van der Waals surface area contributed by atoms with Gasteiger partial charge in [-0.25, -0.2) is 0 Å². The summed E-state index contributed by atoms with van der Waals surface area (Å²) in [5.41, 5.74) is 3.26. The van der Waals surface area contributed by atoms with Crippen molar-refractivity contribution in [2.45, 2.75) is 39.2 Å². The minimum absolute atomic E-state index is 0.0201. The van der Waals surface area contributed by atoms with Crippen molar-refractivity contribution in [1.82, 2.24) is 5.32 Å². The SMILES string of the molecule is COc1ccc(OCC(C)NC(=S)Nc2cccc(C(=O)c3ccc(C(C)(C)C)cc3)c2)cc1. The largest absolute Gasteiger partial charge is 0.497 e. The van der Waals surface area contributed by atoms with E-state index < -0.39 is 0 Å². The molecule has 178 valence electrons. The molecular weight excluding hydrogens is 444 g/mol. The van der Waals surface area contributed by atoms with Crippen LogP contribution < -0.4 is 20.1 Å². The zero-order chi connectivity index (χ0) is 24.7. The van der Waals surface area contributed by atoms with E-state index in [9.17, 15) is 4.79 Å². The van der Waals surface area contributed by atoms with E-state index in [4.69, 9.17) is 21.7 Å². The van der Waals surface area contributed by atoms with Gasteiger partial charge in [-0.2, -0.15) is 0 Å². The molecule has 0 aliphatic rings. The molecule has 34 heavy (non-hydrogen) atoms. The molecule has 0 heterocycles. The number of benzene rings is 3. The average Bonchev–Trinajstić information content (AvgIpc) is 2.82. The lowest BCUT2D eigenvalue weighted by Crippen LogP contribution is -2.39. The van der Waals surface area contributed by atoms with Crippen molar-refractivity contribution in [3.8, 4) is 11.5 Å². The number of thiocarbonyl (C=S) groups is 1. The number of carbonyl (C=O) groups is 1. The molecule has 1 unspecified atom stereocenters. The van der Waals surface area contributed by atoms with E-state index in [2.05, 4.69) is 31.4 Å². The first-order valence-corrected chi connectivity index (χ1v) is 11.7. The third-order valence-electron chi connectivity index (χ3n) is 5.33. The van der Waals surface area contributed by atoms with E-state index in [1.54, 1.807) is 7.11 Å². The van der Waals surface area contributed by atoms with Crippen molar-refractivity contribution < 1.29 is 14.3 Å². The number of methoxy groups -OCH3 is 1. The lowest BCUT2D eigenvalue weighted by atomic mass is 9.86. The van der Waals surface area contributed by atoms with Gasteiger partial charge in [0, 0.05) is 16.8 Å². The Bertz CT molecular complexity index is 1120. The molecular formula is C28H32N2O3S. The number of nitrogens with one attached hydrogen (secondary N) is 2. The summed E-state index contributed by atoms with van der Waals surface area (Å²) in [4.78, 5) is 13.0. The predicted octanol–water partition coefficient (Wildman–Crippen LogP) is 5.98. The summed E-state index contributed by atoms with van der Waals surface area (Å²) >= 11 is 5.45. The van der Waals surface area contributed by atoms with E-state index in [0.29, 0.717) is 22.8 Å². The van der Waals surface area contributed by atoms with E-state index in [-0.39, 0.29) is 17.2 Å². The van der Waals surface area contributed by atoms with Crippen molar-refractivity contribution in [1.29, 1.82) is 0 Å². The molecule has 0 aliphatic carbocycles. The minimum Gasteiger partial charge on any atom is -0.497 e. The molecule has 3 aromatic rings. The standard InChI is InChI=1S/C28H32N2O3S/c1-19(18-33-25-15-13-24(32-5)14-16-25)29-27(34)30-23-8-6-7-21(17-23)26(31)20-9-11-22(12-10-20)28(2,3)4/h6-17,19H,18H2,1-5H3,(H2,29,30,34). The molecule has 0 aliphatic heterocycles. The van der Waals surface area contributed by atoms with Crippen molar-refractivity contribution in [2.75, 3.05) is 19.0 Å². The molecule has 0 spiro atoms. The van der Waals surface area contributed by atoms with Crippen LogP contribution >= 0.6 is 12.2 Å². The van der Waals surface area contributed by atoms with Crippen LogP contribution in [-0.4, -0.2) is 30.7 Å². The van der Waals surface area contributed by atoms with Crippen LogP contribution in [0.5, 0.6) is 11.5 Å². The Morgan fingerprint density at radius 1 is 0.941 bits per heavy atom. The number of anilines is 1. The van der Waals surface area contributed by atoms with Crippen molar-refractivity contribution >= 4 is 28.8 Å². The predicted molar refractivity (Wildman–Crippen MR) is 142 cm³/mol. The van der Waals surface area contributed by atoms with Crippen LogP contribution in [0.3, 0.4) is 0 Å². The van der Waals surface area contributed by atoms with Gasteiger partial charge in [0.25, 0.3) is 0 Å². The third kappa shape index (κ3) is 7.06. The maximum atomic E-state index is 13.0. The maximum absolute atomic E-state index is 13.0. The van der Waals surface area contributed by atoms with Gasteiger partial charge in [0.2, 0.25) is 0 Å². The lowest BCUT2D eigenvalue weighted by molar-refractivity contribution is 0.103. The van der Waals surface area contributed by atoms with Crippen molar-refractivity contribution in [3.63, 3.8) is 0 Å². The van der Waals surface area contributed by atoms with Crippen molar-refractivity contribution in [2.24, 2.45) is 0 Å². The normalized spacial score (nSPS) is 11.9. The van der Waals surface area contributed by atoms with Gasteiger partial charge < -0.3 is 20.1 Å². The minimum atomic E-state index is -0.0238. The Kier molecular flexibility index (Phi) is 8.29. The van der Waals surface area contributed by atoms with Gasteiger partial charge in [0.05, 0.1) is 13.2 Å². The number of hydrogen-bond acceptors (Lipinski definition) is 4. The topological polar surface area (TPSA) is 59.6 Å². The quantitative estimate of drug-likeness (QED) is 0.308. The zero-order valence-electron chi connectivity index (χ0n) is 20.3. The summed E-state index contributed by atoms with van der Waals surface area (Å²) in [7, 11) is 1.63. The maximum Gasteiger partial charge on any atom is 0.193 e. The van der Waals surface area contributed by atoms with Crippen LogP contribution in [-0.2, 0) is 5.41 Å². The monoisotopic (exact) mass is 476 g/mol. The van der Waals surface area contributed by atoms with Crippen LogP contribution in [0.15, 0.2) is 72.8 Å². The highest BCUT2D eigenvalue weighted by Crippen LogP contribution is 2.23. The molecule has 5 nitrogen and oxygen atoms in total. The van der Waals surface area contributed by atoms with Crippen LogP contribution in [0.1, 0.15) is 49.2 Å². The Balaban J connectivity index is 1.55. The number of ketones is 1. The smallest absolute Gasteiger partial charge is 0.193 e. The third-order valence-corrected chi connectivity index (χ3v) is 5.55. The molecule has 0 saturated heterocycles. The zero-order valence-corrected chi connectivity index (χ0v) is 21.2. The Hall–Kier alpha value is -3.38. The summed E-state index contributed by atoms with van der Waals surface area (Å²) in [6.45, 7) is 8.89. The van der Waals surface area contributed by atoms with E-state index in [1.807, 2.05) is 79.7 Å². The first kappa shape index (κ1) is 25.2. The van der Waals surface area contributed by atoms with Gasteiger partial charge in [-0.3, -0.25) is 4.79 Å². The molecule has 2 N–H and O–H groups in total. The Morgan fingerprint density at radius 2 is 1.59 bits per heavy atom. The molecule has 0 fully saturated rings.